The van der Waals surface area contributed by atoms with Crippen molar-refractivity contribution in [3.63, 3.8) is 0 Å². The molecule has 0 bridgehead atoms. The third-order valence-electron chi connectivity index (χ3n) is 3.29. The molecule has 0 spiro atoms. The van der Waals surface area contributed by atoms with Crippen LogP contribution >= 0.6 is 11.5 Å². The number of carboxylic acids is 1. The number of hydrogen-bond donors (Lipinski definition) is 2. The van der Waals surface area contributed by atoms with Crippen molar-refractivity contribution < 1.29 is 14.7 Å². The summed E-state index contributed by atoms with van der Waals surface area (Å²) in [4.78, 5) is 32.6. The first kappa shape index (κ1) is 12.7. The van der Waals surface area contributed by atoms with Gasteiger partial charge in [-0.1, -0.05) is 4.49 Å². The Balaban J connectivity index is 1.96. The van der Waals surface area contributed by atoms with Crippen molar-refractivity contribution in [2.45, 2.75) is 25.9 Å². The number of carboxylic acid groups (broad SMARTS) is 1. The van der Waals surface area contributed by atoms with Gasteiger partial charge in [-0.2, -0.15) is 0 Å². The highest BCUT2D eigenvalue weighted by molar-refractivity contribution is 7.07. The van der Waals surface area contributed by atoms with Gasteiger partial charge in [0, 0.05) is 6.42 Å². The Kier molecular flexibility index (Phi) is 2.97. The second kappa shape index (κ2) is 4.67. The van der Waals surface area contributed by atoms with Gasteiger partial charge in [-0.3, -0.25) is 4.79 Å². The van der Waals surface area contributed by atoms with Crippen LogP contribution in [0.15, 0.2) is 6.33 Å². The Morgan fingerprint density at radius 2 is 2.35 bits per heavy atom. The van der Waals surface area contributed by atoms with Gasteiger partial charge in [-0.25, -0.2) is 9.78 Å². The number of aryl methyl sites for hydroxylation is 1. The summed E-state index contributed by atoms with van der Waals surface area (Å²) in [5.41, 5.74) is 1.98. The number of aliphatic carboxylic acids is 1. The molecule has 2 aromatic rings. The van der Waals surface area contributed by atoms with Crippen LogP contribution in [0, 0.1) is 6.92 Å². The van der Waals surface area contributed by atoms with Crippen molar-refractivity contribution >= 4 is 23.4 Å². The zero-order chi connectivity index (χ0) is 14.3. The normalized spacial score (nSPS) is 17.9. The van der Waals surface area contributed by atoms with Gasteiger partial charge in [0.2, 0.25) is 0 Å². The molecule has 3 heterocycles. The third-order valence-corrected chi connectivity index (χ3v) is 4.11. The van der Waals surface area contributed by atoms with Gasteiger partial charge in [-0.15, -0.1) is 5.10 Å². The molecule has 9 heteroatoms. The van der Waals surface area contributed by atoms with Crippen LogP contribution in [0.25, 0.3) is 0 Å². The highest BCUT2D eigenvalue weighted by atomic mass is 32.1. The average Bonchev–Trinajstić information content (AvgIpc) is 3.04. The maximum absolute atomic E-state index is 12.5. The molecule has 3 rings (SSSR count). The number of amides is 1. The molecular weight excluding hydrogens is 282 g/mol. The van der Waals surface area contributed by atoms with Crippen molar-refractivity contribution in [2.24, 2.45) is 0 Å². The minimum atomic E-state index is -1.04. The fourth-order valence-electron chi connectivity index (χ4n) is 2.23. The topological polar surface area (TPSA) is 112 Å². The lowest BCUT2D eigenvalue weighted by atomic mass is 10.0. The number of aromatic amines is 1. The zero-order valence-electron chi connectivity index (χ0n) is 10.5. The average molecular weight is 293 g/mol. The number of carbonyl (C=O) groups is 2. The lowest BCUT2D eigenvalue weighted by Crippen LogP contribution is -2.48. The molecule has 0 saturated carbocycles. The van der Waals surface area contributed by atoms with Crippen LogP contribution in [-0.4, -0.2) is 47.5 Å². The molecule has 0 aromatic carbocycles. The summed E-state index contributed by atoms with van der Waals surface area (Å²) < 4.78 is 3.72. The molecule has 0 aliphatic carbocycles. The maximum Gasteiger partial charge on any atom is 0.326 e. The predicted molar refractivity (Wildman–Crippen MR) is 68.2 cm³/mol. The predicted octanol–water partition coefficient (Wildman–Crippen LogP) is 0.221. The van der Waals surface area contributed by atoms with Gasteiger partial charge in [0.05, 0.1) is 30.0 Å². The smallest absolute Gasteiger partial charge is 0.326 e. The van der Waals surface area contributed by atoms with Crippen molar-refractivity contribution in [1.82, 2.24) is 24.5 Å². The molecule has 20 heavy (non-hydrogen) atoms. The number of H-pyrrole nitrogens is 1. The van der Waals surface area contributed by atoms with Crippen molar-refractivity contribution in [1.29, 1.82) is 0 Å². The van der Waals surface area contributed by atoms with Crippen LogP contribution < -0.4 is 0 Å². The Morgan fingerprint density at radius 1 is 1.55 bits per heavy atom. The standard InChI is InChI=1S/C11H11N5O3S/c1-5-9(20-15-14-5)10(17)16-3-7-6(12-4-13-7)2-8(16)11(18)19/h4,8H,2-3H2,1H3,(H,12,13)(H,18,19). The zero-order valence-corrected chi connectivity index (χ0v) is 11.3. The van der Waals surface area contributed by atoms with E-state index in [1.165, 1.54) is 11.2 Å². The fourth-order valence-corrected chi connectivity index (χ4v) is 2.84. The van der Waals surface area contributed by atoms with E-state index in [-0.39, 0.29) is 18.9 Å². The quantitative estimate of drug-likeness (QED) is 0.819. The first-order valence-corrected chi connectivity index (χ1v) is 6.69. The summed E-state index contributed by atoms with van der Waals surface area (Å²) in [6.07, 6.45) is 1.71. The minimum absolute atomic E-state index is 0.197. The molecule has 1 aliphatic rings. The SMILES string of the molecule is Cc1nnsc1C(=O)N1Cc2[nH]cnc2CC1C(=O)O. The van der Waals surface area contributed by atoms with Crippen LogP contribution in [0.5, 0.6) is 0 Å². The number of fused-ring (bicyclic) bond motifs is 1. The molecule has 0 saturated heterocycles. The van der Waals surface area contributed by atoms with Gasteiger partial charge in [0.15, 0.2) is 0 Å². The van der Waals surface area contributed by atoms with Gasteiger partial charge < -0.3 is 15.0 Å². The van der Waals surface area contributed by atoms with Crippen LogP contribution in [-0.2, 0) is 17.8 Å². The minimum Gasteiger partial charge on any atom is -0.480 e. The number of rotatable bonds is 2. The number of hydrogen-bond acceptors (Lipinski definition) is 6. The molecule has 1 amide bonds. The Labute approximate surface area is 117 Å². The Hall–Kier alpha value is -2.29. The van der Waals surface area contributed by atoms with Crippen LogP contribution in [0.4, 0.5) is 0 Å². The number of carbonyl (C=O) groups excluding carboxylic acids is 1. The van der Waals surface area contributed by atoms with Crippen molar-refractivity contribution in [2.75, 3.05) is 0 Å². The molecule has 104 valence electrons. The summed E-state index contributed by atoms with van der Waals surface area (Å²) in [5, 5.41) is 13.1. The Bertz CT molecular complexity index is 679. The first-order valence-electron chi connectivity index (χ1n) is 5.91. The number of aromatic nitrogens is 4. The highest BCUT2D eigenvalue weighted by Crippen LogP contribution is 2.24. The van der Waals surface area contributed by atoms with Crippen LogP contribution in [0.3, 0.4) is 0 Å². The van der Waals surface area contributed by atoms with E-state index in [1.54, 1.807) is 6.92 Å². The van der Waals surface area contributed by atoms with E-state index in [4.69, 9.17) is 0 Å². The molecular formula is C11H11N5O3S. The fraction of sp³-hybridized carbons (Fsp3) is 0.364. The number of nitrogens with one attached hydrogen (secondary N) is 1. The van der Waals surface area contributed by atoms with E-state index >= 15 is 0 Å². The summed E-state index contributed by atoms with van der Waals surface area (Å²) in [6.45, 7) is 1.88. The van der Waals surface area contributed by atoms with Crippen molar-refractivity contribution in [3.05, 3.63) is 28.3 Å². The summed E-state index contributed by atoms with van der Waals surface area (Å²) in [6, 6.07) is -0.917. The largest absolute Gasteiger partial charge is 0.480 e. The van der Waals surface area contributed by atoms with Crippen LogP contribution in [0.2, 0.25) is 0 Å². The maximum atomic E-state index is 12.5. The molecule has 8 nitrogen and oxygen atoms in total. The van der Waals surface area contributed by atoms with Crippen molar-refractivity contribution in [3.8, 4) is 0 Å². The molecule has 0 radical (unpaired) electrons. The van der Waals surface area contributed by atoms with E-state index in [1.807, 2.05) is 0 Å². The van der Waals surface area contributed by atoms with Gasteiger partial charge in [-0.05, 0) is 18.5 Å². The molecule has 1 unspecified atom stereocenters. The molecule has 0 fully saturated rings. The molecule has 1 aliphatic heterocycles. The van der Waals surface area contributed by atoms with E-state index in [0.29, 0.717) is 16.3 Å². The van der Waals surface area contributed by atoms with E-state index < -0.39 is 12.0 Å². The van der Waals surface area contributed by atoms with Gasteiger partial charge >= 0.3 is 5.97 Å². The number of nitrogens with zero attached hydrogens (tertiary/aromatic N) is 4. The van der Waals surface area contributed by atoms with E-state index in [0.717, 1.165) is 17.2 Å². The van der Waals surface area contributed by atoms with Gasteiger partial charge in [0.1, 0.15) is 10.9 Å². The van der Waals surface area contributed by atoms with E-state index in [2.05, 4.69) is 19.6 Å². The Morgan fingerprint density at radius 3 is 3.00 bits per heavy atom. The molecule has 2 N–H and O–H groups in total. The molecule has 1 atom stereocenters. The second-order valence-corrected chi connectivity index (χ2v) is 5.26. The lowest BCUT2D eigenvalue weighted by Gasteiger charge is -2.31. The number of imidazole rings is 1. The second-order valence-electron chi connectivity index (χ2n) is 4.51. The highest BCUT2D eigenvalue weighted by Gasteiger charge is 2.37. The molecule has 2 aromatic heterocycles. The lowest BCUT2D eigenvalue weighted by molar-refractivity contribution is -0.142. The van der Waals surface area contributed by atoms with Crippen LogP contribution in [0.1, 0.15) is 26.8 Å². The summed E-state index contributed by atoms with van der Waals surface area (Å²) >= 11 is 0.977. The third kappa shape index (κ3) is 1.95. The summed E-state index contributed by atoms with van der Waals surface area (Å²) in [5.74, 6) is -1.40. The van der Waals surface area contributed by atoms with E-state index in [9.17, 15) is 14.7 Å². The van der Waals surface area contributed by atoms with Gasteiger partial charge in [0.25, 0.3) is 5.91 Å². The first-order chi connectivity index (χ1) is 9.58. The summed E-state index contributed by atoms with van der Waals surface area (Å²) in [7, 11) is 0. The monoisotopic (exact) mass is 293 g/mol.